The highest BCUT2D eigenvalue weighted by atomic mass is 16.2. The number of hydrogen-bond donors (Lipinski definition) is 2. The number of likely N-dealkylation sites (tertiary alicyclic amines) is 1. The maximum Gasteiger partial charge on any atom is 0.227 e. The molecule has 4 rings (SSSR count). The van der Waals surface area contributed by atoms with E-state index >= 15 is 0 Å². The van der Waals surface area contributed by atoms with Gasteiger partial charge in [-0.05, 0) is 73.3 Å². The molecule has 3 amide bonds. The second-order valence-corrected chi connectivity index (χ2v) is 9.01. The van der Waals surface area contributed by atoms with E-state index < -0.39 is 0 Å². The lowest BCUT2D eigenvalue weighted by molar-refractivity contribution is -0.133. The van der Waals surface area contributed by atoms with Crippen LogP contribution in [-0.4, -0.2) is 53.7 Å². The molecule has 2 aliphatic heterocycles. The summed E-state index contributed by atoms with van der Waals surface area (Å²) in [6.45, 7) is 6.56. The number of rotatable bonds is 6. The SMILES string of the molecule is CC(=O)Nc1cccc(CC(=O)N2CCc3ccc(NC(C)=O)cc3C2CN2CCCC2)c1. The molecule has 0 radical (unpaired) electrons. The Labute approximate surface area is 195 Å². The van der Waals surface area contributed by atoms with Gasteiger partial charge in [0.15, 0.2) is 0 Å². The second kappa shape index (κ2) is 10.2. The number of nitrogens with one attached hydrogen (secondary N) is 2. The largest absolute Gasteiger partial charge is 0.334 e. The fourth-order valence-electron chi connectivity index (χ4n) is 4.92. The maximum atomic E-state index is 13.5. The third-order valence-corrected chi connectivity index (χ3v) is 6.38. The van der Waals surface area contributed by atoms with Crippen molar-refractivity contribution >= 4 is 29.1 Å². The molecule has 2 N–H and O–H groups in total. The quantitative estimate of drug-likeness (QED) is 0.710. The van der Waals surface area contributed by atoms with E-state index in [9.17, 15) is 14.4 Å². The number of carbonyl (C=O) groups is 3. The average Bonchev–Trinajstić information content (AvgIpc) is 3.26. The number of anilines is 2. The molecule has 2 heterocycles. The van der Waals surface area contributed by atoms with Crippen molar-refractivity contribution in [1.82, 2.24) is 9.80 Å². The number of nitrogens with zero attached hydrogens (tertiary/aromatic N) is 2. The number of amides is 3. The van der Waals surface area contributed by atoms with Crippen molar-refractivity contribution < 1.29 is 14.4 Å². The fourth-order valence-corrected chi connectivity index (χ4v) is 4.92. The molecular formula is C26H32N4O3. The monoisotopic (exact) mass is 448 g/mol. The molecule has 1 unspecified atom stereocenters. The van der Waals surface area contributed by atoms with Gasteiger partial charge in [0, 0.05) is 38.3 Å². The molecule has 2 aromatic carbocycles. The zero-order valence-corrected chi connectivity index (χ0v) is 19.4. The van der Waals surface area contributed by atoms with Crippen LogP contribution in [0.2, 0.25) is 0 Å². The Morgan fingerprint density at radius 2 is 1.61 bits per heavy atom. The summed E-state index contributed by atoms with van der Waals surface area (Å²) in [5.74, 6) is -0.157. The van der Waals surface area contributed by atoms with Gasteiger partial charge in [-0.2, -0.15) is 0 Å². The molecular weight excluding hydrogens is 416 g/mol. The minimum atomic E-state index is -0.133. The van der Waals surface area contributed by atoms with Gasteiger partial charge in [0.2, 0.25) is 17.7 Å². The van der Waals surface area contributed by atoms with E-state index in [1.165, 1.54) is 32.3 Å². The van der Waals surface area contributed by atoms with Gasteiger partial charge in [-0.25, -0.2) is 0 Å². The van der Waals surface area contributed by atoms with Gasteiger partial charge < -0.3 is 20.4 Å². The van der Waals surface area contributed by atoms with Crippen LogP contribution in [0.25, 0.3) is 0 Å². The van der Waals surface area contributed by atoms with Crippen LogP contribution in [0, 0.1) is 0 Å². The molecule has 0 aromatic heterocycles. The lowest BCUT2D eigenvalue weighted by atomic mass is 9.91. The second-order valence-electron chi connectivity index (χ2n) is 9.01. The first-order chi connectivity index (χ1) is 15.9. The Balaban J connectivity index is 1.59. The molecule has 7 heteroatoms. The van der Waals surface area contributed by atoms with Crippen LogP contribution < -0.4 is 10.6 Å². The molecule has 2 aliphatic rings. The van der Waals surface area contributed by atoms with Crippen LogP contribution in [0.15, 0.2) is 42.5 Å². The maximum absolute atomic E-state index is 13.5. The van der Waals surface area contributed by atoms with Gasteiger partial charge >= 0.3 is 0 Å². The van der Waals surface area contributed by atoms with Gasteiger partial charge in [-0.3, -0.25) is 14.4 Å². The van der Waals surface area contributed by atoms with Crippen molar-refractivity contribution in [3.8, 4) is 0 Å². The van der Waals surface area contributed by atoms with E-state index in [1.807, 2.05) is 41.3 Å². The van der Waals surface area contributed by atoms with E-state index in [4.69, 9.17) is 0 Å². The van der Waals surface area contributed by atoms with Crippen molar-refractivity contribution in [2.45, 2.75) is 45.6 Å². The first kappa shape index (κ1) is 23.0. The Morgan fingerprint density at radius 3 is 2.30 bits per heavy atom. The number of carbonyl (C=O) groups excluding carboxylic acids is 3. The van der Waals surface area contributed by atoms with E-state index in [0.29, 0.717) is 12.2 Å². The predicted octanol–water partition coefficient (Wildman–Crippen LogP) is 3.37. The molecule has 1 saturated heterocycles. The number of hydrogen-bond acceptors (Lipinski definition) is 4. The van der Waals surface area contributed by atoms with Crippen molar-refractivity contribution in [1.29, 1.82) is 0 Å². The minimum absolute atomic E-state index is 0.0495. The zero-order valence-electron chi connectivity index (χ0n) is 19.4. The van der Waals surface area contributed by atoms with Crippen LogP contribution >= 0.6 is 0 Å². The summed E-state index contributed by atoms with van der Waals surface area (Å²) >= 11 is 0. The summed E-state index contributed by atoms with van der Waals surface area (Å²) in [4.78, 5) is 40.9. The highest BCUT2D eigenvalue weighted by Crippen LogP contribution is 2.34. The Bertz CT molecular complexity index is 1050. The molecule has 0 aliphatic carbocycles. The van der Waals surface area contributed by atoms with Crippen LogP contribution in [0.5, 0.6) is 0 Å². The van der Waals surface area contributed by atoms with Crippen LogP contribution in [0.4, 0.5) is 11.4 Å². The molecule has 174 valence electrons. The average molecular weight is 449 g/mol. The van der Waals surface area contributed by atoms with Crippen LogP contribution in [0.1, 0.15) is 49.4 Å². The van der Waals surface area contributed by atoms with Crippen molar-refractivity contribution in [2.75, 3.05) is 36.8 Å². The minimum Gasteiger partial charge on any atom is -0.334 e. The van der Waals surface area contributed by atoms with Gasteiger partial charge in [0.25, 0.3) is 0 Å². The molecule has 0 spiro atoms. The highest BCUT2D eigenvalue weighted by Gasteiger charge is 2.33. The summed E-state index contributed by atoms with van der Waals surface area (Å²) in [5.41, 5.74) is 4.71. The van der Waals surface area contributed by atoms with Crippen LogP contribution in [0.3, 0.4) is 0 Å². The van der Waals surface area contributed by atoms with Crippen LogP contribution in [-0.2, 0) is 27.2 Å². The Hall–Kier alpha value is -3.19. The number of fused-ring (bicyclic) bond motifs is 1. The summed E-state index contributed by atoms with van der Waals surface area (Å²) in [7, 11) is 0. The first-order valence-corrected chi connectivity index (χ1v) is 11.7. The third kappa shape index (κ3) is 5.79. The first-order valence-electron chi connectivity index (χ1n) is 11.7. The van der Waals surface area contributed by atoms with E-state index in [1.54, 1.807) is 0 Å². The molecule has 2 aromatic rings. The van der Waals surface area contributed by atoms with Gasteiger partial charge in [-0.15, -0.1) is 0 Å². The molecule has 1 atom stereocenters. The molecule has 1 fully saturated rings. The molecule has 7 nitrogen and oxygen atoms in total. The van der Waals surface area contributed by atoms with Gasteiger partial charge in [0.1, 0.15) is 0 Å². The summed E-state index contributed by atoms with van der Waals surface area (Å²) in [6, 6.07) is 13.5. The predicted molar refractivity (Wildman–Crippen MR) is 129 cm³/mol. The lowest BCUT2D eigenvalue weighted by Gasteiger charge is -2.39. The van der Waals surface area contributed by atoms with Crippen molar-refractivity contribution in [3.63, 3.8) is 0 Å². The molecule has 0 bridgehead atoms. The Morgan fingerprint density at radius 1 is 0.909 bits per heavy atom. The molecule has 33 heavy (non-hydrogen) atoms. The van der Waals surface area contributed by atoms with Gasteiger partial charge in [0.05, 0.1) is 12.5 Å². The molecule has 0 saturated carbocycles. The van der Waals surface area contributed by atoms with Gasteiger partial charge in [-0.1, -0.05) is 18.2 Å². The topological polar surface area (TPSA) is 81.8 Å². The standard InChI is InChI=1S/C26H32N4O3/c1-18(31)27-22-7-5-6-20(14-22)15-26(33)30-13-10-21-8-9-23(28-19(2)32)16-24(21)25(30)17-29-11-3-4-12-29/h5-9,14,16,25H,3-4,10-13,15,17H2,1-2H3,(H,27,31)(H,28,32). The normalized spacial score (nSPS) is 18.0. The highest BCUT2D eigenvalue weighted by molar-refractivity contribution is 5.89. The zero-order chi connectivity index (χ0) is 23.4. The third-order valence-electron chi connectivity index (χ3n) is 6.38. The lowest BCUT2D eigenvalue weighted by Crippen LogP contribution is -2.45. The van der Waals surface area contributed by atoms with Crippen molar-refractivity contribution in [2.24, 2.45) is 0 Å². The number of benzene rings is 2. The van der Waals surface area contributed by atoms with E-state index in [-0.39, 0.29) is 30.2 Å². The smallest absolute Gasteiger partial charge is 0.227 e. The fraction of sp³-hybridized carbons (Fsp3) is 0.423. The summed E-state index contributed by atoms with van der Waals surface area (Å²) < 4.78 is 0. The Kier molecular flexibility index (Phi) is 7.08. The summed E-state index contributed by atoms with van der Waals surface area (Å²) in [6.07, 6.45) is 3.46. The van der Waals surface area contributed by atoms with E-state index in [2.05, 4.69) is 21.6 Å². The van der Waals surface area contributed by atoms with E-state index in [0.717, 1.165) is 42.9 Å². The summed E-state index contributed by atoms with van der Waals surface area (Å²) in [5, 5.41) is 5.67. The van der Waals surface area contributed by atoms with Crippen molar-refractivity contribution in [3.05, 3.63) is 59.2 Å².